The van der Waals surface area contributed by atoms with Crippen molar-refractivity contribution in [2.45, 2.75) is 53.0 Å². The first-order chi connectivity index (χ1) is 13.3. The molecule has 0 aliphatic carbocycles. The summed E-state index contributed by atoms with van der Waals surface area (Å²) in [5.41, 5.74) is 1.12. The number of hydrogen-bond acceptors (Lipinski definition) is 4. The van der Waals surface area contributed by atoms with Gasteiger partial charge in [-0.3, -0.25) is 9.36 Å². The van der Waals surface area contributed by atoms with Crippen LogP contribution in [0.15, 0.2) is 24.3 Å². The van der Waals surface area contributed by atoms with Crippen LogP contribution in [0.25, 0.3) is 0 Å². The smallest absolute Gasteiger partial charge is 0.335 e. The highest BCUT2D eigenvalue weighted by molar-refractivity contribution is 7.57. The predicted molar refractivity (Wildman–Crippen MR) is 113 cm³/mol. The highest BCUT2D eigenvalue weighted by Crippen LogP contribution is 2.41. The number of carbonyl (C=O) groups is 2. The van der Waals surface area contributed by atoms with Gasteiger partial charge >= 0.3 is 5.97 Å². The molecule has 1 aromatic carbocycles. The maximum absolute atomic E-state index is 12.1. The van der Waals surface area contributed by atoms with Crippen molar-refractivity contribution in [3.05, 3.63) is 35.4 Å². The summed E-state index contributed by atoms with van der Waals surface area (Å²) >= 11 is 0. The first-order valence-electron chi connectivity index (χ1n) is 9.88. The Balaban J connectivity index is 0.00000352. The van der Waals surface area contributed by atoms with Gasteiger partial charge in [-0.05, 0) is 43.5 Å². The summed E-state index contributed by atoms with van der Waals surface area (Å²) in [6, 6.07) is 6.71. The fourth-order valence-electron chi connectivity index (χ4n) is 2.54. The molecule has 1 atom stereocenters. The Bertz CT molecular complexity index is 637. The van der Waals surface area contributed by atoms with Crippen LogP contribution < -0.4 is 10.6 Å². The zero-order valence-electron chi connectivity index (χ0n) is 17.2. The van der Waals surface area contributed by atoms with E-state index in [2.05, 4.69) is 10.6 Å². The second-order valence-corrected chi connectivity index (χ2v) is 8.96. The molecule has 0 aliphatic heterocycles. The zero-order valence-corrected chi connectivity index (χ0v) is 18.1. The van der Waals surface area contributed by atoms with Crippen LogP contribution in [0.1, 0.15) is 62.4 Å². The van der Waals surface area contributed by atoms with Crippen molar-refractivity contribution >= 4 is 19.2 Å². The number of unbranched alkanes of at least 4 members (excludes halogenated alkanes) is 2. The lowest BCUT2D eigenvalue weighted by molar-refractivity contribution is -0.118. The van der Waals surface area contributed by atoms with Gasteiger partial charge in [0.1, 0.15) is 0 Å². The minimum absolute atomic E-state index is 0.0555. The molecular formula is C20H35N2O5P. The van der Waals surface area contributed by atoms with Crippen LogP contribution in [-0.2, 0) is 15.9 Å². The number of benzene rings is 1. The number of carbonyl (C=O) groups excluding carboxylic acids is 1. The Morgan fingerprint density at radius 2 is 1.71 bits per heavy atom. The molecule has 0 saturated heterocycles. The van der Waals surface area contributed by atoms with Gasteiger partial charge in [-0.1, -0.05) is 32.4 Å². The minimum Gasteiger partial charge on any atom is -0.478 e. The second-order valence-electron chi connectivity index (χ2n) is 6.37. The summed E-state index contributed by atoms with van der Waals surface area (Å²) in [4.78, 5) is 31.6. The van der Waals surface area contributed by atoms with E-state index < -0.39 is 13.3 Å². The molecule has 0 heterocycles. The van der Waals surface area contributed by atoms with Gasteiger partial charge in [0.2, 0.25) is 13.3 Å². The first-order valence-corrected chi connectivity index (χ1v) is 11.9. The van der Waals surface area contributed by atoms with Crippen molar-refractivity contribution in [3.8, 4) is 0 Å². The lowest BCUT2D eigenvalue weighted by Gasteiger charge is -2.12. The maximum atomic E-state index is 12.1. The Morgan fingerprint density at radius 1 is 1.04 bits per heavy atom. The molecule has 28 heavy (non-hydrogen) atoms. The van der Waals surface area contributed by atoms with Gasteiger partial charge in [0.15, 0.2) is 0 Å². The zero-order chi connectivity index (χ0) is 21.4. The fraction of sp³-hybridized carbons (Fsp3) is 0.600. The van der Waals surface area contributed by atoms with Crippen molar-refractivity contribution < 1.29 is 24.2 Å². The third-order valence-corrected chi connectivity index (χ3v) is 5.95. The molecule has 1 unspecified atom stereocenters. The van der Waals surface area contributed by atoms with Crippen LogP contribution in [0.3, 0.4) is 0 Å². The Morgan fingerprint density at radius 3 is 2.36 bits per heavy atom. The summed E-state index contributed by atoms with van der Waals surface area (Å²) < 4.78 is 12.1. The third-order valence-electron chi connectivity index (χ3n) is 3.92. The highest BCUT2D eigenvalue weighted by Gasteiger charge is 2.16. The summed E-state index contributed by atoms with van der Waals surface area (Å²) in [6.07, 6.45) is 3.51. The van der Waals surface area contributed by atoms with Crippen LogP contribution in [0.2, 0.25) is 0 Å². The second kappa shape index (κ2) is 15.3. The molecular weight excluding hydrogens is 379 g/mol. The van der Waals surface area contributed by atoms with E-state index >= 15 is 0 Å². The van der Waals surface area contributed by atoms with E-state index in [9.17, 15) is 19.0 Å². The Hall–Kier alpha value is -1.69. The number of carboxylic acid groups (broad SMARTS) is 1. The normalized spacial score (nSPS) is 12.4. The largest absolute Gasteiger partial charge is 0.478 e. The van der Waals surface area contributed by atoms with Gasteiger partial charge in [0.25, 0.3) is 0 Å². The highest BCUT2D eigenvalue weighted by atomic mass is 31.2. The first kappa shape index (κ1) is 26.3. The number of carboxylic acids is 1. The van der Waals surface area contributed by atoms with Crippen molar-refractivity contribution in [3.63, 3.8) is 0 Å². The molecule has 1 rings (SSSR count). The Kier molecular flexibility index (Phi) is 14.3. The van der Waals surface area contributed by atoms with Gasteiger partial charge in [0, 0.05) is 32.3 Å². The molecule has 0 spiro atoms. The molecule has 0 saturated carbocycles. The molecule has 1 amide bonds. The molecule has 0 radical (unpaired) electrons. The molecule has 0 fully saturated rings. The maximum Gasteiger partial charge on any atom is 0.335 e. The minimum atomic E-state index is -3.10. The quantitative estimate of drug-likeness (QED) is 0.290. The number of nitrogens with one attached hydrogen (secondary N) is 2. The van der Waals surface area contributed by atoms with Gasteiger partial charge in [-0.2, -0.15) is 0 Å². The van der Waals surface area contributed by atoms with E-state index in [4.69, 9.17) is 5.11 Å². The van der Waals surface area contributed by atoms with Crippen LogP contribution in [0.5, 0.6) is 0 Å². The lowest BCUT2D eigenvalue weighted by atomic mass is 10.1. The van der Waals surface area contributed by atoms with Crippen LogP contribution in [0, 0.1) is 0 Å². The SMILES string of the molecule is CC.CC(=O)NCCCCCP(=O)(O)CCCNCc1cccc(C(=O)O)c1. The van der Waals surface area contributed by atoms with E-state index in [1.165, 1.54) is 6.92 Å². The standard InChI is InChI=1S/C18H29N2O5P.C2H6/c1-15(21)20-10-3-2-4-11-26(24,25)12-6-9-19-14-16-7-5-8-17(13-16)18(22)23;1-2/h5,7-8,13,19H,2-4,6,9-12,14H2,1H3,(H,20,21)(H,22,23)(H,24,25);1-2H3. The van der Waals surface area contributed by atoms with Crippen molar-refractivity contribution in [1.29, 1.82) is 0 Å². The van der Waals surface area contributed by atoms with Crippen molar-refractivity contribution in [2.75, 3.05) is 25.4 Å². The summed E-state index contributed by atoms with van der Waals surface area (Å²) in [7, 11) is -3.10. The van der Waals surface area contributed by atoms with Gasteiger partial charge in [-0.25, -0.2) is 4.79 Å². The molecule has 4 N–H and O–H groups in total. The van der Waals surface area contributed by atoms with E-state index in [0.717, 1.165) is 18.4 Å². The number of amides is 1. The predicted octanol–water partition coefficient (Wildman–Crippen LogP) is 3.47. The molecule has 8 heteroatoms. The molecule has 7 nitrogen and oxygen atoms in total. The van der Waals surface area contributed by atoms with E-state index in [1.807, 2.05) is 19.9 Å². The average Bonchev–Trinajstić information content (AvgIpc) is 2.66. The number of hydrogen-bond donors (Lipinski definition) is 4. The average molecular weight is 414 g/mol. The molecule has 160 valence electrons. The van der Waals surface area contributed by atoms with Crippen molar-refractivity contribution in [1.82, 2.24) is 10.6 Å². The summed E-state index contributed by atoms with van der Waals surface area (Å²) in [5.74, 6) is -1.01. The molecule has 0 aromatic heterocycles. The van der Waals surface area contributed by atoms with Crippen LogP contribution in [-0.4, -0.2) is 47.3 Å². The van der Waals surface area contributed by atoms with E-state index in [0.29, 0.717) is 38.6 Å². The van der Waals surface area contributed by atoms with Crippen molar-refractivity contribution in [2.24, 2.45) is 0 Å². The van der Waals surface area contributed by atoms with E-state index in [-0.39, 0.29) is 17.6 Å². The monoisotopic (exact) mass is 414 g/mol. The van der Waals surface area contributed by atoms with Gasteiger partial charge < -0.3 is 20.6 Å². The van der Waals surface area contributed by atoms with Gasteiger partial charge in [0.05, 0.1) is 5.56 Å². The molecule has 0 aliphatic rings. The summed E-state index contributed by atoms with van der Waals surface area (Å²) in [6.45, 7) is 7.21. The topological polar surface area (TPSA) is 116 Å². The molecule has 1 aromatic rings. The fourth-order valence-corrected chi connectivity index (χ4v) is 4.13. The van der Waals surface area contributed by atoms with Crippen LogP contribution in [0.4, 0.5) is 0 Å². The third kappa shape index (κ3) is 13.5. The Labute approximate surface area is 168 Å². The van der Waals surface area contributed by atoms with Gasteiger partial charge in [-0.15, -0.1) is 0 Å². The number of aromatic carboxylic acids is 1. The molecule has 0 bridgehead atoms. The van der Waals surface area contributed by atoms with Crippen LogP contribution >= 0.6 is 7.37 Å². The lowest BCUT2D eigenvalue weighted by Crippen LogP contribution is -2.20. The van der Waals surface area contributed by atoms with E-state index in [1.54, 1.807) is 18.2 Å². The summed E-state index contributed by atoms with van der Waals surface area (Å²) in [5, 5.41) is 14.8. The number of rotatable bonds is 13.